The van der Waals surface area contributed by atoms with Crippen LogP contribution in [0.1, 0.15) is 64.5 Å². The predicted octanol–water partition coefficient (Wildman–Crippen LogP) is 1.04. The molecule has 1 aliphatic heterocycles. The summed E-state index contributed by atoms with van der Waals surface area (Å²) in [6.45, 7) is 8.31. The molecule has 2 aliphatic rings. The molecule has 0 unspecified atom stereocenters. The minimum Gasteiger partial charge on any atom is -0.871 e. The monoisotopic (exact) mass is 595 g/mol. The molecule has 0 bridgehead atoms. The third-order valence-electron chi connectivity index (χ3n) is 7.14. The third kappa shape index (κ3) is 6.49. The van der Waals surface area contributed by atoms with Crippen molar-refractivity contribution in [3.05, 3.63) is 59.2 Å². The van der Waals surface area contributed by atoms with Gasteiger partial charge in [0.05, 0.1) is 22.9 Å². The van der Waals surface area contributed by atoms with Gasteiger partial charge in [0.25, 0.3) is 10.0 Å². The van der Waals surface area contributed by atoms with Crippen molar-refractivity contribution in [2.45, 2.75) is 63.7 Å². The maximum absolute atomic E-state index is 14.4. The number of rotatable bonds is 9. The van der Waals surface area contributed by atoms with Crippen molar-refractivity contribution >= 4 is 48.8 Å². The molecular weight excluding hydrogens is 561 g/mol. The fourth-order valence-electron chi connectivity index (χ4n) is 5.15. The molecule has 2 aromatic carbocycles. The zero-order valence-electron chi connectivity index (χ0n) is 23.7. The first kappa shape index (κ1) is 32.3. The van der Waals surface area contributed by atoms with E-state index in [2.05, 4.69) is 42.1 Å². The van der Waals surface area contributed by atoms with Gasteiger partial charge in [-0.05, 0) is 66.8 Å². The Morgan fingerprint density at radius 2 is 1.62 bits per heavy atom. The number of amidine groups is 1. The Labute approximate surface area is 259 Å². The van der Waals surface area contributed by atoms with Gasteiger partial charge < -0.3 is 10.4 Å². The summed E-state index contributed by atoms with van der Waals surface area (Å²) in [5.41, 5.74) is -0.0599. The van der Waals surface area contributed by atoms with Gasteiger partial charge in [0.2, 0.25) is 10.0 Å². The van der Waals surface area contributed by atoms with E-state index in [1.165, 1.54) is 12.1 Å². The SMILES string of the molecule is CC(C)CCC1(CCC(C)C)C(=O)C(C2=NS(=O)(=O)c3cc(NS(C)(=O)=O)ccc3N2)=C([O-])c2ccccc21.[Na+]. The van der Waals surface area contributed by atoms with Crippen LogP contribution in [0.3, 0.4) is 0 Å². The summed E-state index contributed by atoms with van der Waals surface area (Å²) in [6, 6.07) is 11.0. The summed E-state index contributed by atoms with van der Waals surface area (Å²) in [4.78, 5) is 14.2. The van der Waals surface area contributed by atoms with E-state index < -0.39 is 37.0 Å². The Bertz CT molecular complexity index is 1580. The topological polar surface area (TPSA) is 145 Å². The largest absolute Gasteiger partial charge is 1.00 e. The van der Waals surface area contributed by atoms with Crippen LogP contribution < -0.4 is 44.7 Å². The number of carbonyl (C=O) groups is 1. The molecule has 1 heterocycles. The number of benzene rings is 2. The number of sulfonamides is 2. The summed E-state index contributed by atoms with van der Waals surface area (Å²) in [5, 5.41) is 16.7. The van der Waals surface area contributed by atoms with Crippen molar-refractivity contribution in [3.8, 4) is 0 Å². The van der Waals surface area contributed by atoms with Crippen LogP contribution in [-0.4, -0.2) is 34.7 Å². The number of fused-ring (bicyclic) bond motifs is 2. The quantitative estimate of drug-likeness (QED) is 0.412. The zero-order valence-corrected chi connectivity index (χ0v) is 27.4. The molecule has 0 radical (unpaired) electrons. The summed E-state index contributed by atoms with van der Waals surface area (Å²) >= 11 is 0. The van der Waals surface area contributed by atoms with Gasteiger partial charge in [0, 0.05) is 5.69 Å². The first-order valence-electron chi connectivity index (χ1n) is 12.9. The van der Waals surface area contributed by atoms with Crippen LogP contribution in [0, 0.1) is 11.8 Å². The van der Waals surface area contributed by atoms with E-state index in [-0.39, 0.29) is 57.2 Å². The second-order valence-electron chi connectivity index (χ2n) is 11.2. The molecule has 1 aliphatic carbocycles. The van der Waals surface area contributed by atoms with Gasteiger partial charge in [0.1, 0.15) is 4.90 Å². The van der Waals surface area contributed by atoms with E-state index in [0.29, 0.717) is 35.8 Å². The number of Topliss-reactive ketones (excluding diaryl/α,β-unsaturated/α-hetero) is 1. The molecular formula is C28H34N3NaO6S2. The van der Waals surface area contributed by atoms with Gasteiger partial charge in [-0.15, -0.1) is 4.40 Å². The van der Waals surface area contributed by atoms with Gasteiger partial charge in [-0.1, -0.05) is 57.7 Å². The number of ketones is 1. The van der Waals surface area contributed by atoms with E-state index in [4.69, 9.17) is 0 Å². The Kier molecular flexibility index (Phi) is 9.68. The molecule has 0 saturated carbocycles. The third-order valence-corrected chi connectivity index (χ3v) is 9.06. The molecule has 0 spiro atoms. The molecule has 2 N–H and O–H groups in total. The van der Waals surface area contributed by atoms with Crippen LogP contribution in [0.15, 0.2) is 57.3 Å². The molecule has 2 aromatic rings. The van der Waals surface area contributed by atoms with Crippen LogP contribution >= 0.6 is 0 Å². The van der Waals surface area contributed by atoms with Gasteiger partial charge in [-0.2, -0.15) is 8.42 Å². The van der Waals surface area contributed by atoms with Crippen LogP contribution in [0.25, 0.3) is 5.76 Å². The van der Waals surface area contributed by atoms with Crippen LogP contribution in [-0.2, 0) is 30.3 Å². The molecule has 9 nitrogen and oxygen atoms in total. The fraction of sp³-hybridized carbons (Fsp3) is 0.429. The minimum atomic E-state index is -4.37. The first-order chi connectivity index (χ1) is 18.1. The summed E-state index contributed by atoms with van der Waals surface area (Å²) < 4.78 is 55.9. The van der Waals surface area contributed by atoms with Crippen LogP contribution in [0.2, 0.25) is 0 Å². The van der Waals surface area contributed by atoms with Gasteiger partial charge in [0.15, 0.2) is 11.6 Å². The Morgan fingerprint density at radius 3 is 2.20 bits per heavy atom. The van der Waals surface area contributed by atoms with Crippen molar-refractivity contribution in [2.75, 3.05) is 16.3 Å². The summed E-state index contributed by atoms with van der Waals surface area (Å²) in [7, 11) is -8.01. The molecule has 12 heteroatoms. The Balaban J connectivity index is 0.00000441. The number of hydrogen-bond donors (Lipinski definition) is 2. The second kappa shape index (κ2) is 12.0. The first-order valence-corrected chi connectivity index (χ1v) is 16.3. The van der Waals surface area contributed by atoms with Crippen molar-refractivity contribution in [2.24, 2.45) is 16.2 Å². The number of hydrogen-bond acceptors (Lipinski definition) is 7. The van der Waals surface area contributed by atoms with Crippen molar-refractivity contribution < 1.29 is 56.3 Å². The Morgan fingerprint density at radius 1 is 1.02 bits per heavy atom. The van der Waals surface area contributed by atoms with Crippen molar-refractivity contribution in [3.63, 3.8) is 0 Å². The van der Waals surface area contributed by atoms with E-state index in [1.807, 2.05) is 12.1 Å². The van der Waals surface area contributed by atoms with Crippen molar-refractivity contribution in [1.29, 1.82) is 0 Å². The van der Waals surface area contributed by atoms with Gasteiger partial charge >= 0.3 is 29.6 Å². The average Bonchev–Trinajstić information content (AvgIpc) is 2.83. The maximum Gasteiger partial charge on any atom is 1.00 e. The molecule has 40 heavy (non-hydrogen) atoms. The average molecular weight is 596 g/mol. The van der Waals surface area contributed by atoms with Crippen molar-refractivity contribution in [1.82, 2.24) is 0 Å². The standard InChI is InChI=1S/C28H35N3O6S2.Na/c1-17(2)12-14-28(15-13-18(3)4)21-9-7-6-8-20(21)25(32)24(26(28)33)27-29-22-11-10-19(30-38(5,34)35)16-23(22)39(36,37)31-27;/h6-11,16-18,30,32H,12-15H2,1-5H3,(H,29,31);/q;+1/p-1. The summed E-state index contributed by atoms with van der Waals surface area (Å²) in [6.07, 6.45) is 3.48. The number of anilines is 2. The van der Waals surface area contributed by atoms with Crippen LogP contribution in [0.4, 0.5) is 11.4 Å². The molecule has 0 atom stereocenters. The Hall–Kier alpha value is -2.18. The summed E-state index contributed by atoms with van der Waals surface area (Å²) in [5.74, 6) is -0.675. The number of nitrogens with one attached hydrogen (secondary N) is 2. The van der Waals surface area contributed by atoms with Gasteiger partial charge in [-0.3, -0.25) is 9.52 Å². The predicted molar refractivity (Wildman–Crippen MR) is 151 cm³/mol. The maximum atomic E-state index is 14.4. The second-order valence-corrected chi connectivity index (χ2v) is 14.5. The van der Waals surface area contributed by atoms with E-state index >= 15 is 0 Å². The fourth-order valence-corrected chi connectivity index (χ4v) is 6.85. The van der Waals surface area contributed by atoms with Gasteiger partial charge in [-0.25, -0.2) is 8.42 Å². The molecule has 0 amide bonds. The minimum absolute atomic E-state index is 0. The molecule has 210 valence electrons. The zero-order chi connectivity index (χ0) is 28.8. The molecule has 0 saturated heterocycles. The van der Waals surface area contributed by atoms with E-state index in [1.54, 1.807) is 12.1 Å². The molecule has 0 fully saturated rings. The smallest absolute Gasteiger partial charge is 0.871 e. The molecule has 0 aromatic heterocycles. The number of nitrogens with zero attached hydrogens (tertiary/aromatic N) is 1. The number of carbonyl (C=O) groups excluding carboxylic acids is 1. The normalized spacial score (nSPS) is 17.5. The van der Waals surface area contributed by atoms with E-state index in [9.17, 15) is 26.7 Å². The van der Waals surface area contributed by atoms with Crippen LogP contribution in [0.5, 0.6) is 0 Å². The molecule has 4 rings (SSSR count). The van der Waals surface area contributed by atoms with E-state index in [0.717, 1.165) is 25.2 Å².